The van der Waals surface area contributed by atoms with Gasteiger partial charge in [0.05, 0.1) is 6.54 Å². The van der Waals surface area contributed by atoms with Crippen LogP contribution in [0.4, 0.5) is 0 Å². The molecule has 1 aromatic carbocycles. The minimum atomic E-state index is 0. The van der Waals surface area contributed by atoms with Gasteiger partial charge in [-0.3, -0.25) is 9.89 Å². The van der Waals surface area contributed by atoms with Crippen LogP contribution in [0.3, 0.4) is 0 Å². The van der Waals surface area contributed by atoms with Crippen molar-refractivity contribution in [2.24, 2.45) is 4.99 Å². The molecule has 3 heterocycles. The summed E-state index contributed by atoms with van der Waals surface area (Å²) in [7, 11) is 0. The summed E-state index contributed by atoms with van der Waals surface area (Å²) in [6.07, 6.45) is 7.72. The van der Waals surface area contributed by atoms with Gasteiger partial charge in [0.1, 0.15) is 12.2 Å². The summed E-state index contributed by atoms with van der Waals surface area (Å²) >= 11 is 0. The normalized spacial score (nSPS) is 23.4. The summed E-state index contributed by atoms with van der Waals surface area (Å²) in [5, 5.41) is 15.3. The van der Waals surface area contributed by atoms with Gasteiger partial charge < -0.3 is 15.2 Å². The van der Waals surface area contributed by atoms with Crippen molar-refractivity contribution in [3.8, 4) is 0 Å². The summed E-state index contributed by atoms with van der Waals surface area (Å²) in [6, 6.07) is 12.7. The first kappa shape index (κ1) is 24.0. The molecule has 2 N–H and O–H groups in total. The summed E-state index contributed by atoms with van der Waals surface area (Å²) in [6.45, 7) is 7.72. The monoisotopic (exact) mass is 537 g/mol. The lowest BCUT2D eigenvalue weighted by molar-refractivity contribution is 0.114. The average Bonchev–Trinajstić information content (AvgIpc) is 3.30. The number of aryl methyl sites for hydroxylation is 1. The van der Waals surface area contributed by atoms with Gasteiger partial charge in [-0.1, -0.05) is 37.3 Å². The van der Waals surface area contributed by atoms with Gasteiger partial charge in [0.15, 0.2) is 5.96 Å². The van der Waals surface area contributed by atoms with Crippen LogP contribution >= 0.6 is 24.0 Å². The van der Waals surface area contributed by atoms with Crippen LogP contribution in [0.5, 0.6) is 0 Å². The van der Waals surface area contributed by atoms with Gasteiger partial charge in [-0.15, -0.1) is 34.2 Å². The Labute approximate surface area is 203 Å². The summed E-state index contributed by atoms with van der Waals surface area (Å²) in [5.41, 5.74) is 1.43. The van der Waals surface area contributed by atoms with Crippen LogP contribution < -0.4 is 10.6 Å². The van der Waals surface area contributed by atoms with Gasteiger partial charge in [-0.05, 0) is 38.2 Å². The predicted molar refractivity (Wildman–Crippen MR) is 136 cm³/mol. The molecule has 2 bridgehead atoms. The molecule has 4 rings (SSSR count). The predicted octanol–water partition coefficient (Wildman–Crippen LogP) is 3.21. The van der Waals surface area contributed by atoms with Gasteiger partial charge in [-0.25, -0.2) is 0 Å². The van der Waals surface area contributed by atoms with Crippen LogP contribution in [0.2, 0.25) is 0 Å². The second kappa shape index (κ2) is 11.8. The highest BCUT2D eigenvalue weighted by Gasteiger charge is 2.40. The lowest BCUT2D eigenvalue weighted by Gasteiger charge is -2.39. The molecule has 1 aromatic heterocycles. The average molecular weight is 537 g/mol. The molecule has 0 radical (unpaired) electrons. The van der Waals surface area contributed by atoms with E-state index in [1.807, 2.05) is 0 Å². The summed E-state index contributed by atoms with van der Waals surface area (Å²) in [5.74, 6) is 1.95. The van der Waals surface area contributed by atoms with Gasteiger partial charge in [0.2, 0.25) is 0 Å². The van der Waals surface area contributed by atoms with E-state index in [1.54, 1.807) is 6.33 Å². The number of fused-ring (bicyclic) bond motifs is 2. The van der Waals surface area contributed by atoms with Crippen molar-refractivity contribution in [3.63, 3.8) is 0 Å². The minimum absolute atomic E-state index is 0. The molecule has 0 aliphatic carbocycles. The van der Waals surface area contributed by atoms with E-state index in [2.05, 4.69) is 74.5 Å². The smallest absolute Gasteiger partial charge is 0.191 e. The number of aromatic nitrogens is 3. The van der Waals surface area contributed by atoms with E-state index < -0.39 is 0 Å². The van der Waals surface area contributed by atoms with Crippen molar-refractivity contribution < 1.29 is 0 Å². The molecular formula is C23H36IN7. The molecule has 2 aliphatic rings. The molecule has 2 saturated heterocycles. The number of hydrogen-bond acceptors (Lipinski definition) is 4. The molecule has 0 saturated carbocycles. The molecule has 0 spiro atoms. The van der Waals surface area contributed by atoms with Gasteiger partial charge >= 0.3 is 0 Å². The Kier molecular flexibility index (Phi) is 9.13. The van der Waals surface area contributed by atoms with E-state index in [9.17, 15) is 0 Å². The second-order valence-electron chi connectivity index (χ2n) is 8.41. The van der Waals surface area contributed by atoms with Crippen molar-refractivity contribution in [2.45, 2.75) is 77.2 Å². The maximum absolute atomic E-state index is 4.82. The Morgan fingerprint density at radius 1 is 1.13 bits per heavy atom. The van der Waals surface area contributed by atoms with E-state index in [4.69, 9.17) is 4.99 Å². The van der Waals surface area contributed by atoms with Crippen molar-refractivity contribution in [3.05, 3.63) is 48.0 Å². The highest BCUT2D eigenvalue weighted by atomic mass is 127. The van der Waals surface area contributed by atoms with Crippen LogP contribution in [0.1, 0.15) is 50.9 Å². The largest absolute Gasteiger partial charge is 0.357 e. The van der Waals surface area contributed by atoms with E-state index in [1.165, 1.54) is 31.2 Å². The van der Waals surface area contributed by atoms with Crippen molar-refractivity contribution in [2.75, 3.05) is 13.1 Å². The topological polar surface area (TPSA) is 70.4 Å². The third kappa shape index (κ3) is 6.19. The van der Waals surface area contributed by atoms with Crippen molar-refractivity contribution >= 4 is 29.9 Å². The lowest BCUT2D eigenvalue weighted by atomic mass is 9.96. The van der Waals surface area contributed by atoms with E-state index in [0.717, 1.165) is 44.4 Å². The Morgan fingerprint density at radius 2 is 1.87 bits per heavy atom. The zero-order chi connectivity index (χ0) is 20.8. The molecule has 2 aliphatic heterocycles. The van der Waals surface area contributed by atoms with Gasteiger partial charge in [0, 0.05) is 44.2 Å². The third-order valence-electron chi connectivity index (χ3n) is 6.40. The zero-order valence-electron chi connectivity index (χ0n) is 18.7. The second-order valence-corrected chi connectivity index (χ2v) is 8.41. The molecule has 7 nitrogen and oxygen atoms in total. The Hall–Kier alpha value is -1.68. The molecule has 0 amide bonds. The molecular weight excluding hydrogens is 501 g/mol. The first-order chi connectivity index (χ1) is 14.8. The number of hydrogen-bond donors (Lipinski definition) is 2. The van der Waals surface area contributed by atoms with Crippen molar-refractivity contribution in [1.82, 2.24) is 30.3 Å². The molecule has 170 valence electrons. The number of benzene rings is 1. The molecule has 31 heavy (non-hydrogen) atoms. The molecule has 2 aromatic rings. The maximum Gasteiger partial charge on any atom is 0.191 e. The molecule has 2 fully saturated rings. The third-order valence-corrected chi connectivity index (χ3v) is 6.40. The zero-order valence-corrected chi connectivity index (χ0v) is 21.0. The fourth-order valence-corrected chi connectivity index (χ4v) is 4.97. The fraction of sp³-hybridized carbons (Fsp3) is 0.609. The molecule has 8 heteroatoms. The Balaban J connectivity index is 0.00000272. The van der Waals surface area contributed by atoms with E-state index in [0.29, 0.717) is 18.1 Å². The summed E-state index contributed by atoms with van der Waals surface area (Å²) < 4.78 is 2.09. The highest BCUT2D eigenvalue weighted by Crippen LogP contribution is 2.36. The van der Waals surface area contributed by atoms with Crippen LogP contribution in [-0.2, 0) is 19.5 Å². The molecule has 2 unspecified atom stereocenters. The number of nitrogens with one attached hydrogen (secondary N) is 2. The number of halogens is 1. The van der Waals surface area contributed by atoms with Crippen LogP contribution in [0.15, 0.2) is 41.7 Å². The highest BCUT2D eigenvalue weighted by molar-refractivity contribution is 14.0. The Bertz CT molecular complexity index is 808. The van der Waals surface area contributed by atoms with E-state index in [-0.39, 0.29) is 24.0 Å². The van der Waals surface area contributed by atoms with Crippen LogP contribution in [0, 0.1) is 0 Å². The lowest BCUT2D eigenvalue weighted by Crippen LogP contribution is -2.52. The van der Waals surface area contributed by atoms with E-state index >= 15 is 0 Å². The molecule has 2 atom stereocenters. The summed E-state index contributed by atoms with van der Waals surface area (Å²) in [4.78, 5) is 7.55. The van der Waals surface area contributed by atoms with Gasteiger partial charge in [-0.2, -0.15) is 0 Å². The number of aliphatic imine (C=N–C) groups is 1. The number of piperidine rings is 1. The number of rotatable bonds is 8. The maximum atomic E-state index is 4.82. The standard InChI is InChI=1S/C23H35N7.HI/c1-3-22-28-26-17-29(22)13-12-25-23(24-4-2)27-19-14-20-10-11-21(15-19)30(20)16-18-8-6-5-7-9-18;/h5-9,17,19-21H,3-4,10-16H2,1-2H3,(H2,24,25,27);1H. The van der Waals surface area contributed by atoms with Crippen LogP contribution in [0.25, 0.3) is 0 Å². The first-order valence-electron chi connectivity index (χ1n) is 11.5. The quantitative estimate of drug-likeness (QED) is 0.308. The SMILES string of the molecule is CCNC(=NCCn1cnnc1CC)NC1CC2CCC(C1)N2Cc1ccccc1.I. The number of guanidine groups is 1. The fourth-order valence-electron chi connectivity index (χ4n) is 4.97. The van der Waals surface area contributed by atoms with Gasteiger partial charge in [0.25, 0.3) is 0 Å². The first-order valence-corrected chi connectivity index (χ1v) is 11.5. The minimum Gasteiger partial charge on any atom is -0.357 e. The van der Waals surface area contributed by atoms with Crippen molar-refractivity contribution in [1.29, 1.82) is 0 Å². The Morgan fingerprint density at radius 3 is 2.55 bits per heavy atom. The van der Waals surface area contributed by atoms with Crippen LogP contribution in [-0.4, -0.2) is 56.8 Å². The number of nitrogens with zero attached hydrogens (tertiary/aromatic N) is 5.